The summed E-state index contributed by atoms with van der Waals surface area (Å²) in [5, 5.41) is 2.73. The Morgan fingerprint density at radius 2 is 1.03 bits per heavy atom. The smallest absolute Gasteiger partial charge is 0.0181 e. The van der Waals surface area contributed by atoms with E-state index in [2.05, 4.69) is 61.5 Å². The molecule has 0 spiro atoms. The van der Waals surface area contributed by atoms with Gasteiger partial charge in [0.25, 0.3) is 0 Å². The van der Waals surface area contributed by atoms with Crippen molar-refractivity contribution in [2.24, 2.45) is 0 Å². The molecule has 0 atom stereocenters. The number of aryl methyl sites for hydroxylation is 1. The van der Waals surface area contributed by atoms with E-state index in [-0.39, 0.29) is 0 Å². The molecule has 172 valence electrons. The molecule has 0 bridgehead atoms. The molecule has 0 fully saturated rings. The van der Waals surface area contributed by atoms with Crippen molar-refractivity contribution in [3.63, 3.8) is 0 Å². The van der Waals surface area contributed by atoms with Gasteiger partial charge in [-0.05, 0) is 54.9 Å². The van der Waals surface area contributed by atoms with Gasteiger partial charge < -0.3 is 0 Å². The molecule has 0 aliphatic rings. The Hall–Kier alpha value is -1.56. The molecule has 0 saturated heterocycles. The fourth-order valence-corrected chi connectivity index (χ4v) is 4.50. The van der Waals surface area contributed by atoms with Crippen LogP contribution < -0.4 is 0 Å². The van der Waals surface area contributed by atoms with E-state index < -0.39 is 0 Å². The van der Waals surface area contributed by atoms with Gasteiger partial charge in [-0.2, -0.15) is 0 Å². The first-order valence-corrected chi connectivity index (χ1v) is 13.5. The Labute approximate surface area is 193 Å². The van der Waals surface area contributed by atoms with E-state index in [9.17, 15) is 0 Å². The molecule has 0 amide bonds. The lowest BCUT2D eigenvalue weighted by molar-refractivity contribution is 0.557. The van der Waals surface area contributed by atoms with E-state index in [1.54, 1.807) is 0 Å². The van der Waals surface area contributed by atoms with Crippen LogP contribution in [0.1, 0.15) is 122 Å². The Morgan fingerprint density at radius 1 is 0.516 bits per heavy atom. The van der Waals surface area contributed by atoms with Crippen LogP contribution in [0.25, 0.3) is 10.8 Å². The molecule has 2 rings (SSSR count). The van der Waals surface area contributed by atoms with E-state index in [0.717, 1.165) is 0 Å². The van der Waals surface area contributed by atoms with Crippen LogP contribution in [0.3, 0.4) is 0 Å². The highest BCUT2D eigenvalue weighted by atomic mass is 14.0. The molecule has 0 saturated carbocycles. The van der Waals surface area contributed by atoms with E-state index in [4.69, 9.17) is 0 Å². The van der Waals surface area contributed by atoms with Gasteiger partial charge in [0.2, 0.25) is 0 Å². The van der Waals surface area contributed by atoms with Crippen LogP contribution in [0, 0.1) is 0 Å². The quantitative estimate of drug-likeness (QED) is 0.156. The summed E-state index contributed by atoms with van der Waals surface area (Å²) in [6, 6.07) is 15.6. The SMILES string of the molecule is CCCCCCCCCCCC/C=C/CCCCCCCc1ccc2ccccc2c1. The zero-order valence-electron chi connectivity index (χ0n) is 20.4. The number of allylic oxidation sites excluding steroid dienone is 2. The Kier molecular flexibility index (Phi) is 15.0. The Balaban J connectivity index is 1.33. The zero-order valence-corrected chi connectivity index (χ0v) is 20.4. The first-order valence-electron chi connectivity index (χ1n) is 13.5. The fourth-order valence-electron chi connectivity index (χ4n) is 4.50. The Morgan fingerprint density at radius 3 is 1.65 bits per heavy atom. The second-order valence-electron chi connectivity index (χ2n) is 9.43. The highest BCUT2D eigenvalue weighted by molar-refractivity contribution is 5.82. The predicted molar refractivity (Wildman–Crippen MR) is 141 cm³/mol. The molecule has 0 radical (unpaired) electrons. The van der Waals surface area contributed by atoms with Crippen LogP contribution in [0.15, 0.2) is 54.6 Å². The summed E-state index contributed by atoms with van der Waals surface area (Å²) in [5.41, 5.74) is 1.49. The maximum Gasteiger partial charge on any atom is -0.0181 e. The average Bonchev–Trinajstić information content (AvgIpc) is 2.80. The van der Waals surface area contributed by atoms with E-state index in [0.29, 0.717) is 0 Å². The summed E-state index contributed by atoms with van der Waals surface area (Å²) >= 11 is 0. The second kappa shape index (κ2) is 18.1. The molecule has 0 N–H and O–H groups in total. The zero-order chi connectivity index (χ0) is 21.8. The number of rotatable bonds is 19. The maximum absolute atomic E-state index is 2.43. The minimum Gasteiger partial charge on any atom is -0.0885 e. The van der Waals surface area contributed by atoms with Crippen LogP contribution in [0.2, 0.25) is 0 Å². The molecule has 0 heterocycles. The lowest BCUT2D eigenvalue weighted by Gasteiger charge is -2.04. The molecule has 0 nitrogen and oxygen atoms in total. The molecular formula is C31H48. The molecule has 2 aromatic rings. The van der Waals surface area contributed by atoms with Crippen LogP contribution in [0.5, 0.6) is 0 Å². The fraction of sp³-hybridized carbons (Fsp3) is 0.613. The van der Waals surface area contributed by atoms with Crippen LogP contribution in [-0.2, 0) is 6.42 Å². The third kappa shape index (κ3) is 12.8. The largest absolute Gasteiger partial charge is 0.0885 e. The van der Waals surface area contributed by atoms with Crippen LogP contribution >= 0.6 is 0 Å². The summed E-state index contributed by atoms with van der Waals surface area (Å²) in [7, 11) is 0. The van der Waals surface area contributed by atoms with Crippen molar-refractivity contribution in [3.05, 3.63) is 60.2 Å². The Bertz CT molecular complexity index is 696. The summed E-state index contributed by atoms with van der Waals surface area (Å²) < 4.78 is 0. The molecule has 0 unspecified atom stereocenters. The van der Waals surface area contributed by atoms with Gasteiger partial charge in [-0.3, -0.25) is 0 Å². The normalized spacial score (nSPS) is 11.6. The van der Waals surface area contributed by atoms with Crippen molar-refractivity contribution in [1.82, 2.24) is 0 Å². The first kappa shape index (κ1) is 25.7. The molecule has 2 aromatic carbocycles. The van der Waals surface area contributed by atoms with Gasteiger partial charge in [0.15, 0.2) is 0 Å². The molecule has 0 aliphatic carbocycles. The lowest BCUT2D eigenvalue weighted by Crippen LogP contribution is -1.86. The molecule has 0 heteroatoms. The van der Waals surface area contributed by atoms with Crippen molar-refractivity contribution in [3.8, 4) is 0 Å². The third-order valence-corrected chi connectivity index (χ3v) is 6.54. The first-order chi connectivity index (χ1) is 15.4. The van der Waals surface area contributed by atoms with Gasteiger partial charge in [-0.25, -0.2) is 0 Å². The van der Waals surface area contributed by atoms with Gasteiger partial charge >= 0.3 is 0 Å². The summed E-state index contributed by atoms with van der Waals surface area (Å²) in [6.07, 6.45) is 29.8. The number of hydrogen-bond donors (Lipinski definition) is 0. The minimum absolute atomic E-state index is 1.23. The number of fused-ring (bicyclic) bond motifs is 1. The van der Waals surface area contributed by atoms with Crippen molar-refractivity contribution in [2.75, 3.05) is 0 Å². The van der Waals surface area contributed by atoms with Crippen molar-refractivity contribution in [2.45, 2.75) is 122 Å². The highest BCUT2D eigenvalue weighted by Crippen LogP contribution is 2.18. The third-order valence-electron chi connectivity index (χ3n) is 6.54. The number of unbranched alkanes of at least 4 members (excludes halogenated alkanes) is 15. The molecule has 0 aromatic heterocycles. The predicted octanol–water partition coefficient (Wildman–Crippen LogP) is 10.6. The number of benzene rings is 2. The van der Waals surface area contributed by atoms with Crippen LogP contribution in [-0.4, -0.2) is 0 Å². The second-order valence-corrected chi connectivity index (χ2v) is 9.43. The van der Waals surface area contributed by atoms with E-state index >= 15 is 0 Å². The van der Waals surface area contributed by atoms with Crippen LogP contribution in [0.4, 0.5) is 0 Å². The van der Waals surface area contributed by atoms with Crippen molar-refractivity contribution in [1.29, 1.82) is 0 Å². The lowest BCUT2D eigenvalue weighted by atomic mass is 10.0. The molecular weight excluding hydrogens is 372 g/mol. The van der Waals surface area contributed by atoms with Crippen molar-refractivity contribution < 1.29 is 0 Å². The molecule has 31 heavy (non-hydrogen) atoms. The van der Waals surface area contributed by atoms with E-state index in [1.165, 1.54) is 132 Å². The van der Waals surface area contributed by atoms with Gasteiger partial charge in [0.05, 0.1) is 0 Å². The van der Waals surface area contributed by atoms with Gasteiger partial charge in [-0.1, -0.05) is 139 Å². The molecule has 0 aliphatic heterocycles. The van der Waals surface area contributed by atoms with Crippen molar-refractivity contribution >= 4 is 10.8 Å². The standard InChI is InChI=1S/C31H48/c1-2-3-4-5-6-7-8-9-10-11-12-13-14-15-16-17-18-19-20-23-29-26-27-30-24-21-22-25-31(30)28-29/h13-14,21-22,24-28H,2-12,15-20,23H2,1H3/b14-13+. The topological polar surface area (TPSA) is 0 Å². The monoisotopic (exact) mass is 420 g/mol. The van der Waals surface area contributed by atoms with E-state index in [1.807, 2.05) is 0 Å². The summed E-state index contributed by atoms with van der Waals surface area (Å²) in [6.45, 7) is 2.30. The summed E-state index contributed by atoms with van der Waals surface area (Å²) in [4.78, 5) is 0. The number of hydrogen-bond acceptors (Lipinski definition) is 0. The van der Waals surface area contributed by atoms with Gasteiger partial charge in [0, 0.05) is 0 Å². The maximum atomic E-state index is 2.43. The van der Waals surface area contributed by atoms with Gasteiger partial charge in [-0.15, -0.1) is 0 Å². The minimum atomic E-state index is 1.23. The highest BCUT2D eigenvalue weighted by Gasteiger charge is 1.97. The summed E-state index contributed by atoms with van der Waals surface area (Å²) in [5.74, 6) is 0. The van der Waals surface area contributed by atoms with Gasteiger partial charge in [0.1, 0.15) is 0 Å². The average molecular weight is 421 g/mol.